The number of ether oxygens (including phenoxy) is 2. The van der Waals surface area contributed by atoms with E-state index >= 15 is 0 Å². The summed E-state index contributed by atoms with van der Waals surface area (Å²) in [5.74, 6) is -1.81. The Kier molecular flexibility index (Phi) is 4.16. The second-order valence-corrected chi connectivity index (χ2v) is 3.15. The average Bonchev–Trinajstić information content (AvgIpc) is 2.27. The van der Waals surface area contributed by atoms with Gasteiger partial charge in [-0.1, -0.05) is 0 Å². The van der Waals surface area contributed by atoms with Crippen molar-refractivity contribution in [2.45, 2.75) is 13.3 Å². The number of rotatable bonds is 3. The number of pyridine rings is 1. The number of nitrogens with two attached hydrogens (primary N) is 1. The molecule has 0 spiro atoms. The van der Waals surface area contributed by atoms with E-state index in [9.17, 15) is 18.0 Å². The van der Waals surface area contributed by atoms with Gasteiger partial charge >= 0.3 is 12.3 Å². The average molecular weight is 275 g/mol. The molecule has 102 valence electrons. The number of carbonyl (C=O) groups excluding carboxylic acids is 1. The third-order valence-electron chi connectivity index (χ3n) is 1.82. The summed E-state index contributed by atoms with van der Waals surface area (Å²) in [7, 11) is 0. The molecular formula is C10H8F3N3O3. The maximum atomic E-state index is 12.1. The highest BCUT2D eigenvalue weighted by Crippen LogP contribution is 2.28. The van der Waals surface area contributed by atoms with Gasteiger partial charge in [-0.15, -0.1) is 13.2 Å². The van der Waals surface area contributed by atoms with Crippen molar-refractivity contribution in [3.63, 3.8) is 0 Å². The SMILES string of the molecule is CCOC(=O)c1nc(C#N)c(OC(F)(F)F)cc1N. The molecule has 1 heterocycles. The number of nitrogens with zero attached hydrogens (tertiary/aromatic N) is 2. The van der Waals surface area contributed by atoms with Gasteiger partial charge in [-0.25, -0.2) is 9.78 Å². The minimum Gasteiger partial charge on any atom is -0.461 e. The van der Waals surface area contributed by atoms with Crippen molar-refractivity contribution in [3.05, 3.63) is 17.5 Å². The number of esters is 1. The van der Waals surface area contributed by atoms with Crippen LogP contribution in [0.25, 0.3) is 0 Å². The van der Waals surface area contributed by atoms with Crippen LogP contribution in [0.1, 0.15) is 23.1 Å². The summed E-state index contributed by atoms with van der Waals surface area (Å²) < 4.78 is 44.4. The van der Waals surface area contributed by atoms with E-state index in [1.54, 1.807) is 0 Å². The molecule has 0 fully saturated rings. The Morgan fingerprint density at radius 1 is 1.58 bits per heavy atom. The Morgan fingerprint density at radius 2 is 2.21 bits per heavy atom. The Bertz CT molecular complexity index is 537. The van der Waals surface area contributed by atoms with Crippen LogP contribution in [0.4, 0.5) is 18.9 Å². The van der Waals surface area contributed by atoms with Crippen molar-refractivity contribution >= 4 is 11.7 Å². The standard InChI is InChI=1S/C10H8F3N3O3/c1-2-18-9(17)8-5(15)3-7(6(4-14)16-8)19-10(11,12)13/h3H,2,15H2,1H3. The predicted octanol–water partition coefficient (Wildman–Crippen LogP) is 1.61. The van der Waals surface area contributed by atoms with Gasteiger partial charge in [-0.2, -0.15) is 5.26 Å². The van der Waals surface area contributed by atoms with Gasteiger partial charge in [-0.3, -0.25) is 0 Å². The molecule has 0 aromatic carbocycles. The van der Waals surface area contributed by atoms with Gasteiger partial charge in [0, 0.05) is 6.07 Å². The summed E-state index contributed by atoms with van der Waals surface area (Å²) >= 11 is 0. The van der Waals surface area contributed by atoms with Gasteiger partial charge < -0.3 is 15.2 Å². The molecule has 0 atom stereocenters. The first-order chi connectivity index (χ1) is 8.78. The highest BCUT2D eigenvalue weighted by molar-refractivity contribution is 5.93. The number of carbonyl (C=O) groups is 1. The van der Waals surface area contributed by atoms with Crippen LogP contribution >= 0.6 is 0 Å². The second-order valence-electron chi connectivity index (χ2n) is 3.15. The Hall–Kier alpha value is -2.50. The number of aromatic nitrogens is 1. The zero-order valence-electron chi connectivity index (χ0n) is 9.61. The summed E-state index contributed by atoms with van der Waals surface area (Å²) in [5.41, 5.74) is 3.85. The lowest BCUT2D eigenvalue weighted by molar-refractivity contribution is -0.274. The van der Waals surface area contributed by atoms with Crippen LogP contribution in [0.2, 0.25) is 0 Å². The summed E-state index contributed by atoms with van der Waals surface area (Å²) in [4.78, 5) is 14.8. The molecule has 2 N–H and O–H groups in total. The van der Waals surface area contributed by atoms with Crippen molar-refractivity contribution in [2.75, 3.05) is 12.3 Å². The van der Waals surface area contributed by atoms with Crippen LogP contribution in [-0.4, -0.2) is 23.9 Å². The molecule has 19 heavy (non-hydrogen) atoms. The Morgan fingerprint density at radius 3 is 2.68 bits per heavy atom. The fraction of sp³-hybridized carbons (Fsp3) is 0.300. The minimum atomic E-state index is -4.99. The van der Waals surface area contributed by atoms with Gasteiger partial charge in [0.1, 0.15) is 6.07 Å². The smallest absolute Gasteiger partial charge is 0.461 e. The summed E-state index contributed by atoms with van der Waals surface area (Å²) in [5, 5.41) is 8.69. The first-order valence-electron chi connectivity index (χ1n) is 4.92. The van der Waals surface area contributed by atoms with Gasteiger partial charge in [0.05, 0.1) is 12.3 Å². The van der Waals surface area contributed by atoms with E-state index in [1.807, 2.05) is 0 Å². The fourth-order valence-corrected chi connectivity index (χ4v) is 1.15. The quantitative estimate of drug-likeness (QED) is 0.841. The highest BCUT2D eigenvalue weighted by atomic mass is 19.4. The number of hydrogen-bond acceptors (Lipinski definition) is 6. The number of halogens is 3. The van der Waals surface area contributed by atoms with Crippen LogP contribution in [0.15, 0.2) is 6.07 Å². The van der Waals surface area contributed by atoms with Crippen LogP contribution in [0.5, 0.6) is 5.75 Å². The zero-order valence-corrected chi connectivity index (χ0v) is 9.61. The largest absolute Gasteiger partial charge is 0.573 e. The first kappa shape index (κ1) is 14.6. The van der Waals surface area contributed by atoms with E-state index in [1.165, 1.54) is 13.0 Å². The minimum absolute atomic E-state index is 0.0304. The molecule has 0 radical (unpaired) electrons. The lowest BCUT2D eigenvalue weighted by Crippen LogP contribution is -2.19. The Labute approximate surface area is 105 Å². The molecule has 1 aromatic heterocycles. The topological polar surface area (TPSA) is 98.2 Å². The number of anilines is 1. The molecule has 0 amide bonds. The van der Waals surface area contributed by atoms with Gasteiger partial charge in [-0.05, 0) is 6.92 Å². The molecule has 0 aliphatic carbocycles. The lowest BCUT2D eigenvalue weighted by atomic mass is 10.2. The van der Waals surface area contributed by atoms with E-state index < -0.39 is 29.5 Å². The second kappa shape index (κ2) is 5.43. The van der Waals surface area contributed by atoms with Crippen LogP contribution < -0.4 is 10.5 Å². The lowest BCUT2D eigenvalue weighted by Gasteiger charge is -2.11. The number of nitriles is 1. The van der Waals surface area contributed by atoms with Crippen molar-refractivity contribution in [3.8, 4) is 11.8 Å². The van der Waals surface area contributed by atoms with E-state index in [0.29, 0.717) is 6.07 Å². The molecule has 6 nitrogen and oxygen atoms in total. The summed E-state index contributed by atoms with van der Waals surface area (Å²) in [6.45, 7) is 1.56. The number of hydrogen-bond donors (Lipinski definition) is 1. The van der Waals surface area contributed by atoms with Crippen molar-refractivity contribution in [2.24, 2.45) is 0 Å². The molecule has 0 aliphatic heterocycles. The van der Waals surface area contributed by atoms with Crippen LogP contribution in [0, 0.1) is 11.3 Å². The Balaban J connectivity index is 3.22. The molecule has 1 rings (SSSR count). The highest BCUT2D eigenvalue weighted by Gasteiger charge is 2.33. The monoisotopic (exact) mass is 275 g/mol. The number of alkyl halides is 3. The maximum Gasteiger partial charge on any atom is 0.573 e. The third-order valence-corrected chi connectivity index (χ3v) is 1.82. The molecule has 0 aliphatic rings. The summed E-state index contributed by atoms with van der Waals surface area (Å²) in [6.07, 6.45) is -4.99. The molecular weight excluding hydrogens is 267 g/mol. The molecule has 0 saturated carbocycles. The van der Waals surface area contributed by atoms with Crippen LogP contribution in [-0.2, 0) is 4.74 Å². The van der Waals surface area contributed by atoms with E-state index in [4.69, 9.17) is 11.0 Å². The molecule has 0 bridgehead atoms. The third kappa shape index (κ3) is 3.74. The maximum absolute atomic E-state index is 12.1. The predicted molar refractivity (Wildman–Crippen MR) is 56.0 cm³/mol. The van der Waals surface area contributed by atoms with E-state index in [2.05, 4.69) is 14.5 Å². The van der Waals surface area contributed by atoms with Crippen LogP contribution in [0.3, 0.4) is 0 Å². The van der Waals surface area contributed by atoms with E-state index in [0.717, 1.165) is 0 Å². The van der Waals surface area contributed by atoms with Crippen molar-refractivity contribution < 1.29 is 27.4 Å². The van der Waals surface area contributed by atoms with Crippen molar-refractivity contribution in [1.29, 1.82) is 5.26 Å². The first-order valence-corrected chi connectivity index (χ1v) is 4.92. The molecule has 1 aromatic rings. The fourth-order valence-electron chi connectivity index (χ4n) is 1.15. The van der Waals surface area contributed by atoms with Gasteiger partial charge in [0.25, 0.3) is 0 Å². The van der Waals surface area contributed by atoms with E-state index in [-0.39, 0.29) is 12.3 Å². The molecule has 9 heteroatoms. The molecule has 0 saturated heterocycles. The van der Waals surface area contributed by atoms with Gasteiger partial charge in [0.2, 0.25) is 0 Å². The summed E-state index contributed by atoms with van der Waals surface area (Å²) in [6, 6.07) is 2.08. The number of nitrogen functional groups attached to an aromatic ring is 1. The molecule has 0 unspecified atom stereocenters. The zero-order chi connectivity index (χ0) is 14.6. The normalized spacial score (nSPS) is 10.7. The van der Waals surface area contributed by atoms with Gasteiger partial charge in [0.15, 0.2) is 17.1 Å². The van der Waals surface area contributed by atoms with Crippen molar-refractivity contribution in [1.82, 2.24) is 4.98 Å².